The van der Waals surface area contributed by atoms with Crippen molar-refractivity contribution in [1.82, 2.24) is 5.01 Å². The van der Waals surface area contributed by atoms with Crippen LogP contribution in [0.2, 0.25) is 0 Å². The number of ether oxygens (including phenoxy) is 1. The Morgan fingerprint density at radius 2 is 1.59 bits per heavy atom. The third-order valence-corrected chi connectivity index (χ3v) is 5.14. The number of hydrazone groups is 1. The first kappa shape index (κ1) is 25.5. The van der Waals surface area contributed by atoms with E-state index in [1.54, 1.807) is 19.9 Å². The smallest absolute Gasteiger partial charge is 0.460 e. The predicted molar refractivity (Wildman–Crippen MR) is 107 cm³/mol. The van der Waals surface area contributed by atoms with Gasteiger partial charge in [-0.15, -0.1) is 0 Å². The molecule has 0 aliphatic carbocycles. The summed E-state index contributed by atoms with van der Waals surface area (Å²) in [6, 6.07) is 11.7. The van der Waals surface area contributed by atoms with Crippen molar-refractivity contribution in [3.05, 3.63) is 65.2 Å². The van der Waals surface area contributed by atoms with E-state index >= 15 is 0 Å². The Bertz CT molecular complexity index is 1080. The molecule has 0 aromatic heterocycles. The Hall–Kier alpha value is -3.15. The summed E-state index contributed by atoms with van der Waals surface area (Å²) in [6.45, 7) is 2.35. The van der Waals surface area contributed by atoms with Gasteiger partial charge in [-0.25, -0.2) is 0 Å². The third kappa shape index (κ3) is 4.33. The Morgan fingerprint density at radius 1 is 1.03 bits per heavy atom. The molecule has 1 heterocycles. The van der Waals surface area contributed by atoms with E-state index in [0.29, 0.717) is 0 Å². The van der Waals surface area contributed by atoms with Crippen LogP contribution in [0.4, 0.5) is 30.7 Å². The number of nitrogens with zero attached hydrogens (tertiary/aromatic N) is 2. The maximum absolute atomic E-state index is 14.7. The molecule has 184 valence electrons. The van der Waals surface area contributed by atoms with Crippen molar-refractivity contribution in [2.75, 3.05) is 6.61 Å². The molecule has 1 N–H and O–H groups in total. The molecule has 1 aliphatic rings. The van der Waals surface area contributed by atoms with Crippen molar-refractivity contribution >= 4 is 11.6 Å². The van der Waals surface area contributed by atoms with Crippen LogP contribution in [-0.2, 0) is 4.79 Å². The monoisotopic (exact) mass is 492 g/mol. The third-order valence-electron chi connectivity index (χ3n) is 5.14. The second-order valence-electron chi connectivity index (χ2n) is 7.87. The highest BCUT2D eigenvalue weighted by molar-refractivity contribution is 6.03. The summed E-state index contributed by atoms with van der Waals surface area (Å²) in [7, 11) is 0. The molecule has 3 rings (SSSR count). The minimum atomic E-state index is -6.72. The molecule has 2 aromatic rings. The highest BCUT2D eigenvalue weighted by Crippen LogP contribution is 2.54. The summed E-state index contributed by atoms with van der Waals surface area (Å²) in [4.78, 5) is 12.7. The Kier molecular flexibility index (Phi) is 6.42. The standard InChI is InChI=1S/C22H19F7N2O3/c1-13-8-14(2)10-16(9-13)34-12-18(32)31-19(33,20(23,24)21(25,26)22(27,28)29)11-17(30-31)15-6-4-3-5-7-15/h3-10,33H,11-12H2,1-2H3. The maximum Gasteiger partial charge on any atom is 0.460 e. The lowest BCUT2D eigenvalue weighted by Crippen LogP contribution is -2.69. The van der Waals surface area contributed by atoms with E-state index in [9.17, 15) is 40.6 Å². The molecule has 0 bridgehead atoms. The van der Waals surface area contributed by atoms with E-state index in [1.807, 2.05) is 0 Å². The molecule has 0 saturated carbocycles. The average Bonchev–Trinajstić information content (AvgIpc) is 3.10. The zero-order valence-corrected chi connectivity index (χ0v) is 17.8. The van der Waals surface area contributed by atoms with Crippen molar-refractivity contribution in [1.29, 1.82) is 0 Å². The van der Waals surface area contributed by atoms with E-state index in [-0.39, 0.29) is 11.3 Å². The molecule has 34 heavy (non-hydrogen) atoms. The van der Waals surface area contributed by atoms with Gasteiger partial charge in [-0.1, -0.05) is 36.4 Å². The second kappa shape index (κ2) is 8.57. The number of benzene rings is 2. The fraction of sp³-hybridized carbons (Fsp3) is 0.364. The van der Waals surface area contributed by atoms with Crippen LogP contribution in [0, 0.1) is 13.8 Å². The van der Waals surface area contributed by atoms with Gasteiger partial charge in [-0.05, 0) is 42.7 Å². The summed E-state index contributed by atoms with van der Waals surface area (Å²) in [6.07, 6.45) is -8.20. The van der Waals surface area contributed by atoms with Crippen molar-refractivity contribution < 1.29 is 45.4 Å². The molecule has 2 aromatic carbocycles. The molecule has 1 aliphatic heterocycles. The van der Waals surface area contributed by atoms with Crippen LogP contribution in [0.3, 0.4) is 0 Å². The van der Waals surface area contributed by atoms with Gasteiger partial charge in [-0.3, -0.25) is 4.79 Å². The van der Waals surface area contributed by atoms with Gasteiger partial charge in [0.25, 0.3) is 5.91 Å². The lowest BCUT2D eigenvalue weighted by molar-refractivity contribution is -0.401. The summed E-state index contributed by atoms with van der Waals surface area (Å²) in [5, 5.41) is 13.6. The number of carbonyl (C=O) groups is 1. The zero-order valence-electron chi connectivity index (χ0n) is 17.8. The van der Waals surface area contributed by atoms with Crippen LogP contribution in [-0.4, -0.2) is 52.1 Å². The number of hydrogen-bond donors (Lipinski definition) is 1. The first-order valence-electron chi connectivity index (χ1n) is 9.82. The highest BCUT2D eigenvalue weighted by atomic mass is 19.4. The van der Waals surface area contributed by atoms with Gasteiger partial charge in [0, 0.05) is 6.42 Å². The minimum Gasteiger partial charge on any atom is -0.484 e. The average molecular weight is 492 g/mol. The van der Waals surface area contributed by atoms with Crippen LogP contribution in [0.15, 0.2) is 53.6 Å². The Balaban J connectivity index is 1.99. The van der Waals surface area contributed by atoms with E-state index in [2.05, 4.69) is 5.10 Å². The lowest BCUT2D eigenvalue weighted by Gasteiger charge is -2.41. The van der Waals surface area contributed by atoms with Crippen molar-refractivity contribution in [2.45, 2.75) is 44.0 Å². The van der Waals surface area contributed by atoms with Crippen molar-refractivity contribution in [3.8, 4) is 5.75 Å². The number of hydrogen-bond acceptors (Lipinski definition) is 4. The Labute approximate surface area is 189 Å². The molecule has 0 fully saturated rings. The maximum atomic E-state index is 14.7. The van der Waals surface area contributed by atoms with Crippen LogP contribution in [0.25, 0.3) is 0 Å². The Morgan fingerprint density at radius 3 is 2.12 bits per heavy atom. The van der Waals surface area contributed by atoms with Crippen LogP contribution >= 0.6 is 0 Å². The molecule has 0 radical (unpaired) electrons. The van der Waals surface area contributed by atoms with Crippen LogP contribution in [0.5, 0.6) is 5.75 Å². The van der Waals surface area contributed by atoms with E-state index < -0.39 is 53.4 Å². The summed E-state index contributed by atoms with van der Waals surface area (Å²) in [5.74, 6) is -14.3. The SMILES string of the molecule is Cc1cc(C)cc(OCC(=O)N2N=C(c3ccccc3)CC2(O)C(F)(F)C(F)(F)C(F)(F)F)c1. The van der Waals surface area contributed by atoms with Gasteiger partial charge < -0.3 is 9.84 Å². The molecular weight excluding hydrogens is 473 g/mol. The van der Waals surface area contributed by atoms with Gasteiger partial charge in [0.05, 0.1) is 5.71 Å². The molecule has 0 saturated heterocycles. The predicted octanol–water partition coefficient (Wildman–Crippen LogP) is 4.84. The number of halogens is 7. The van der Waals surface area contributed by atoms with E-state index in [4.69, 9.17) is 4.74 Å². The molecule has 0 spiro atoms. The van der Waals surface area contributed by atoms with E-state index in [0.717, 1.165) is 11.1 Å². The summed E-state index contributed by atoms with van der Waals surface area (Å²) < 4.78 is 101. The van der Waals surface area contributed by atoms with Gasteiger partial charge in [0.15, 0.2) is 6.61 Å². The largest absolute Gasteiger partial charge is 0.484 e. The second-order valence-corrected chi connectivity index (χ2v) is 7.87. The fourth-order valence-corrected chi connectivity index (χ4v) is 3.50. The molecule has 1 unspecified atom stereocenters. The zero-order chi connectivity index (χ0) is 25.5. The number of amides is 1. The first-order valence-corrected chi connectivity index (χ1v) is 9.82. The molecule has 1 amide bonds. The van der Waals surface area contributed by atoms with Gasteiger partial charge >= 0.3 is 18.0 Å². The van der Waals surface area contributed by atoms with Crippen molar-refractivity contribution in [2.24, 2.45) is 5.10 Å². The quantitative estimate of drug-likeness (QED) is 0.588. The number of rotatable bonds is 6. The molecule has 5 nitrogen and oxygen atoms in total. The van der Waals surface area contributed by atoms with Gasteiger partial charge in [-0.2, -0.15) is 40.8 Å². The molecule has 12 heteroatoms. The number of alkyl halides is 7. The highest BCUT2D eigenvalue weighted by Gasteiger charge is 2.82. The molecular formula is C22H19F7N2O3. The summed E-state index contributed by atoms with van der Waals surface area (Å²) in [5.41, 5.74) is -3.32. The number of aliphatic hydroxyl groups is 1. The number of aryl methyl sites for hydroxylation is 2. The number of carbonyl (C=O) groups excluding carboxylic acids is 1. The lowest BCUT2D eigenvalue weighted by atomic mass is 9.91. The topological polar surface area (TPSA) is 62.1 Å². The van der Waals surface area contributed by atoms with Crippen molar-refractivity contribution in [3.63, 3.8) is 0 Å². The van der Waals surface area contributed by atoms with E-state index in [1.165, 1.54) is 42.5 Å². The van der Waals surface area contributed by atoms with Gasteiger partial charge in [0.2, 0.25) is 5.72 Å². The molecule has 1 atom stereocenters. The van der Waals surface area contributed by atoms with Crippen LogP contribution in [0.1, 0.15) is 23.1 Å². The van der Waals surface area contributed by atoms with Crippen LogP contribution < -0.4 is 4.74 Å². The minimum absolute atomic E-state index is 0.0394. The fourth-order valence-electron chi connectivity index (χ4n) is 3.50. The normalized spacial score (nSPS) is 19.2. The summed E-state index contributed by atoms with van der Waals surface area (Å²) >= 11 is 0. The van der Waals surface area contributed by atoms with Gasteiger partial charge in [0.1, 0.15) is 5.75 Å². The first-order chi connectivity index (χ1) is 15.6.